The third kappa shape index (κ3) is 3.15. The first-order valence-corrected chi connectivity index (χ1v) is 4.23. The van der Waals surface area contributed by atoms with Gasteiger partial charge in [-0.05, 0) is 0 Å². The molecule has 7 heteroatoms. The summed E-state index contributed by atoms with van der Waals surface area (Å²) in [5.74, 6) is -1.13. The standard InChI is InChI=1S/C7H12F3N3O/c8-7(9,10)6-13-4-5(14-6)3-12-2-1-11/h5,12H,1-4,11H2. The van der Waals surface area contributed by atoms with E-state index in [2.05, 4.69) is 15.0 Å². The summed E-state index contributed by atoms with van der Waals surface area (Å²) in [7, 11) is 0. The minimum absolute atomic E-state index is 0.0480. The largest absolute Gasteiger partial charge is 0.468 e. The molecule has 0 amide bonds. The molecule has 0 aromatic heterocycles. The third-order valence-electron chi connectivity index (χ3n) is 1.65. The lowest BCUT2D eigenvalue weighted by Gasteiger charge is -2.12. The van der Waals surface area contributed by atoms with Gasteiger partial charge in [-0.2, -0.15) is 13.2 Å². The molecule has 0 bridgehead atoms. The minimum atomic E-state index is -4.47. The molecule has 0 spiro atoms. The Morgan fingerprint density at radius 1 is 1.57 bits per heavy atom. The van der Waals surface area contributed by atoms with Gasteiger partial charge in [0.25, 0.3) is 5.90 Å². The number of hydrogen-bond acceptors (Lipinski definition) is 4. The number of nitrogens with one attached hydrogen (secondary N) is 1. The molecule has 3 N–H and O–H groups in total. The molecule has 1 atom stereocenters. The summed E-state index contributed by atoms with van der Waals surface area (Å²) in [6.45, 7) is 1.38. The Morgan fingerprint density at radius 3 is 2.79 bits per heavy atom. The lowest BCUT2D eigenvalue weighted by molar-refractivity contribution is -0.0787. The van der Waals surface area contributed by atoms with Crippen molar-refractivity contribution in [2.75, 3.05) is 26.2 Å². The van der Waals surface area contributed by atoms with Crippen molar-refractivity contribution < 1.29 is 17.9 Å². The zero-order valence-electron chi connectivity index (χ0n) is 7.47. The van der Waals surface area contributed by atoms with E-state index in [9.17, 15) is 13.2 Å². The topological polar surface area (TPSA) is 59.6 Å². The van der Waals surface area contributed by atoms with Crippen LogP contribution in [0.4, 0.5) is 13.2 Å². The monoisotopic (exact) mass is 211 g/mol. The maximum absolute atomic E-state index is 12.0. The highest BCUT2D eigenvalue weighted by Crippen LogP contribution is 2.22. The normalized spacial score (nSPS) is 22.0. The summed E-state index contributed by atoms with van der Waals surface area (Å²) < 4.78 is 40.7. The smallest absolute Gasteiger partial charge is 0.468 e. The van der Waals surface area contributed by atoms with Crippen LogP contribution in [0.15, 0.2) is 4.99 Å². The zero-order valence-corrected chi connectivity index (χ0v) is 7.47. The molecule has 1 aliphatic rings. The van der Waals surface area contributed by atoms with Crippen molar-refractivity contribution in [2.45, 2.75) is 12.3 Å². The van der Waals surface area contributed by atoms with Gasteiger partial charge in [0, 0.05) is 19.6 Å². The first-order chi connectivity index (χ1) is 6.54. The van der Waals surface area contributed by atoms with Gasteiger partial charge < -0.3 is 15.8 Å². The lowest BCUT2D eigenvalue weighted by atomic mass is 10.3. The van der Waals surface area contributed by atoms with Gasteiger partial charge in [0.2, 0.25) is 0 Å². The molecule has 0 saturated carbocycles. The minimum Gasteiger partial charge on any atom is -0.468 e. The summed E-state index contributed by atoms with van der Waals surface area (Å²) in [5.41, 5.74) is 5.20. The third-order valence-corrected chi connectivity index (χ3v) is 1.65. The van der Waals surface area contributed by atoms with E-state index in [1.165, 1.54) is 0 Å². The van der Waals surface area contributed by atoms with Gasteiger partial charge in [-0.15, -0.1) is 0 Å². The van der Waals surface area contributed by atoms with E-state index >= 15 is 0 Å². The molecule has 1 aliphatic heterocycles. The second kappa shape index (κ2) is 4.61. The van der Waals surface area contributed by atoms with Crippen LogP contribution >= 0.6 is 0 Å². The Kier molecular flexibility index (Phi) is 3.70. The van der Waals surface area contributed by atoms with E-state index in [1.807, 2.05) is 0 Å². The molecule has 0 fully saturated rings. The van der Waals surface area contributed by atoms with Crippen molar-refractivity contribution in [3.8, 4) is 0 Å². The van der Waals surface area contributed by atoms with Gasteiger partial charge in [-0.25, -0.2) is 4.99 Å². The molecule has 0 saturated heterocycles. The molecular formula is C7H12F3N3O. The van der Waals surface area contributed by atoms with E-state index in [0.29, 0.717) is 19.6 Å². The maximum Gasteiger partial charge on any atom is 0.468 e. The average molecular weight is 211 g/mol. The van der Waals surface area contributed by atoms with Crippen LogP contribution in [-0.2, 0) is 4.74 Å². The van der Waals surface area contributed by atoms with Crippen molar-refractivity contribution >= 4 is 5.90 Å². The first-order valence-electron chi connectivity index (χ1n) is 4.23. The summed E-state index contributed by atoms with van der Waals surface area (Å²) in [4.78, 5) is 3.27. The quantitative estimate of drug-likeness (QED) is 0.638. The Labute approximate surface area is 79.3 Å². The SMILES string of the molecule is NCCNCC1CN=C(C(F)(F)F)O1. The average Bonchev–Trinajstić information content (AvgIpc) is 2.52. The van der Waals surface area contributed by atoms with E-state index in [-0.39, 0.29) is 6.54 Å². The fourth-order valence-corrected chi connectivity index (χ4v) is 1.04. The van der Waals surface area contributed by atoms with Gasteiger partial charge in [0.05, 0.1) is 6.54 Å². The van der Waals surface area contributed by atoms with Crippen LogP contribution in [-0.4, -0.2) is 44.4 Å². The number of hydrogen-bond donors (Lipinski definition) is 2. The van der Waals surface area contributed by atoms with Crippen molar-refractivity contribution in [2.24, 2.45) is 10.7 Å². The molecule has 1 heterocycles. The summed E-state index contributed by atoms with van der Waals surface area (Å²) in [6, 6.07) is 0. The van der Waals surface area contributed by atoms with Crippen LogP contribution < -0.4 is 11.1 Å². The van der Waals surface area contributed by atoms with Gasteiger partial charge in [0.1, 0.15) is 6.10 Å². The van der Waals surface area contributed by atoms with E-state index in [0.717, 1.165) is 0 Å². The van der Waals surface area contributed by atoms with Crippen LogP contribution in [0.1, 0.15) is 0 Å². The molecule has 14 heavy (non-hydrogen) atoms. The zero-order chi connectivity index (χ0) is 10.6. The molecule has 0 aromatic rings. The summed E-state index contributed by atoms with van der Waals surface area (Å²) >= 11 is 0. The fourth-order valence-electron chi connectivity index (χ4n) is 1.04. The van der Waals surface area contributed by atoms with Crippen LogP contribution in [0.25, 0.3) is 0 Å². The number of nitrogens with two attached hydrogens (primary N) is 1. The number of alkyl halides is 3. The van der Waals surface area contributed by atoms with Gasteiger partial charge in [0.15, 0.2) is 0 Å². The van der Waals surface area contributed by atoms with Crippen LogP contribution in [0, 0.1) is 0 Å². The van der Waals surface area contributed by atoms with Crippen molar-refractivity contribution in [1.82, 2.24) is 5.32 Å². The molecule has 0 aromatic carbocycles. The Bertz CT molecular complexity index is 217. The molecule has 82 valence electrons. The number of ether oxygens (including phenoxy) is 1. The van der Waals surface area contributed by atoms with Gasteiger partial charge in [-0.1, -0.05) is 0 Å². The van der Waals surface area contributed by atoms with Crippen molar-refractivity contribution in [1.29, 1.82) is 0 Å². The molecule has 4 nitrogen and oxygen atoms in total. The molecule has 1 rings (SSSR count). The number of rotatable bonds is 4. The number of halogens is 3. The second-order valence-corrected chi connectivity index (χ2v) is 2.88. The predicted molar refractivity (Wildman–Crippen MR) is 45.2 cm³/mol. The summed E-state index contributed by atoms with van der Waals surface area (Å²) in [6.07, 6.45) is -5.00. The number of aliphatic imine (C=N–C) groups is 1. The van der Waals surface area contributed by atoms with Crippen LogP contribution in [0.5, 0.6) is 0 Å². The van der Waals surface area contributed by atoms with Gasteiger partial charge in [-0.3, -0.25) is 0 Å². The molecule has 0 radical (unpaired) electrons. The highest BCUT2D eigenvalue weighted by molar-refractivity contribution is 5.83. The lowest BCUT2D eigenvalue weighted by Crippen LogP contribution is -2.34. The number of nitrogens with zero attached hydrogens (tertiary/aromatic N) is 1. The van der Waals surface area contributed by atoms with Crippen LogP contribution in [0.3, 0.4) is 0 Å². The predicted octanol–water partition coefficient (Wildman–Crippen LogP) is -0.106. The molecular weight excluding hydrogens is 199 g/mol. The Hall–Kier alpha value is -0.820. The second-order valence-electron chi connectivity index (χ2n) is 2.88. The van der Waals surface area contributed by atoms with Crippen molar-refractivity contribution in [3.05, 3.63) is 0 Å². The Balaban J connectivity index is 2.25. The van der Waals surface area contributed by atoms with E-state index in [4.69, 9.17) is 5.73 Å². The van der Waals surface area contributed by atoms with Crippen molar-refractivity contribution in [3.63, 3.8) is 0 Å². The van der Waals surface area contributed by atoms with Gasteiger partial charge >= 0.3 is 6.18 Å². The maximum atomic E-state index is 12.0. The Morgan fingerprint density at radius 2 is 2.29 bits per heavy atom. The molecule has 0 aliphatic carbocycles. The molecule has 1 unspecified atom stereocenters. The van der Waals surface area contributed by atoms with E-state index < -0.39 is 18.2 Å². The fraction of sp³-hybridized carbons (Fsp3) is 0.857. The highest BCUT2D eigenvalue weighted by Gasteiger charge is 2.42. The highest BCUT2D eigenvalue weighted by atomic mass is 19.4. The van der Waals surface area contributed by atoms with Crippen LogP contribution in [0.2, 0.25) is 0 Å². The summed E-state index contributed by atoms with van der Waals surface area (Å²) in [5, 5.41) is 2.86. The first kappa shape index (κ1) is 11.3. The van der Waals surface area contributed by atoms with E-state index in [1.54, 1.807) is 0 Å².